The third kappa shape index (κ3) is 2.69. The molecule has 4 heterocycles. The minimum absolute atomic E-state index is 0.596. The summed E-state index contributed by atoms with van der Waals surface area (Å²) in [6, 6.07) is 0. The zero-order chi connectivity index (χ0) is 16.7. The summed E-state index contributed by atoms with van der Waals surface area (Å²) >= 11 is 3.62. The van der Waals surface area contributed by atoms with E-state index in [1.54, 1.807) is 15.4 Å². The average molecular weight is 390 g/mol. The zero-order valence-electron chi connectivity index (χ0n) is 13.5. The van der Waals surface area contributed by atoms with Crippen LogP contribution in [0.4, 0.5) is 5.82 Å². The summed E-state index contributed by atoms with van der Waals surface area (Å²) < 4.78 is 4.32. The van der Waals surface area contributed by atoms with Crippen LogP contribution < -0.4 is 11.1 Å². The van der Waals surface area contributed by atoms with Gasteiger partial charge in [0.1, 0.15) is 5.82 Å². The molecule has 0 spiro atoms. The molecule has 3 aromatic heterocycles. The van der Waals surface area contributed by atoms with Gasteiger partial charge in [-0.25, -0.2) is 4.98 Å². The first-order valence-corrected chi connectivity index (χ1v) is 8.94. The second-order valence-corrected chi connectivity index (χ2v) is 7.14. The molecular weight excluding hydrogens is 370 g/mol. The predicted molar refractivity (Wildman–Crippen MR) is 96.6 cm³/mol. The van der Waals surface area contributed by atoms with Crippen LogP contribution in [0.2, 0.25) is 0 Å². The highest BCUT2D eigenvalue weighted by molar-refractivity contribution is 9.10. The van der Waals surface area contributed by atoms with Crippen molar-refractivity contribution in [2.24, 2.45) is 13.0 Å². The van der Waals surface area contributed by atoms with Gasteiger partial charge in [0.05, 0.1) is 22.6 Å². The molecule has 1 aliphatic rings. The van der Waals surface area contributed by atoms with Gasteiger partial charge < -0.3 is 11.1 Å². The molecule has 3 N–H and O–H groups in total. The fourth-order valence-corrected chi connectivity index (χ4v) is 3.72. The number of rotatable bonds is 3. The smallest absolute Gasteiger partial charge is 0.165 e. The maximum Gasteiger partial charge on any atom is 0.165 e. The van der Waals surface area contributed by atoms with Gasteiger partial charge in [0.15, 0.2) is 5.65 Å². The number of aromatic nitrogens is 5. The molecule has 7 nitrogen and oxygen atoms in total. The van der Waals surface area contributed by atoms with E-state index in [1.165, 1.54) is 12.8 Å². The quantitative estimate of drug-likeness (QED) is 0.715. The number of anilines is 1. The van der Waals surface area contributed by atoms with Crippen LogP contribution in [0.1, 0.15) is 18.5 Å². The third-order valence-corrected chi connectivity index (χ3v) is 5.51. The summed E-state index contributed by atoms with van der Waals surface area (Å²) in [5.74, 6) is 1.24. The fraction of sp³-hybridized carbons (Fsp3) is 0.438. The van der Waals surface area contributed by atoms with Crippen molar-refractivity contribution in [2.45, 2.75) is 19.3 Å². The number of aryl methyl sites for hydroxylation is 1. The summed E-state index contributed by atoms with van der Waals surface area (Å²) in [4.78, 5) is 4.89. The lowest BCUT2D eigenvalue weighted by molar-refractivity contribution is 0.370. The van der Waals surface area contributed by atoms with Crippen molar-refractivity contribution < 1.29 is 0 Å². The van der Waals surface area contributed by atoms with E-state index in [9.17, 15) is 0 Å². The fourth-order valence-electron chi connectivity index (χ4n) is 3.30. The number of nitrogens with two attached hydrogens (primary N) is 1. The van der Waals surface area contributed by atoms with Crippen molar-refractivity contribution in [3.63, 3.8) is 0 Å². The molecule has 0 amide bonds. The molecule has 8 heteroatoms. The van der Waals surface area contributed by atoms with Gasteiger partial charge in [-0.05, 0) is 54.2 Å². The summed E-state index contributed by atoms with van der Waals surface area (Å²) in [5, 5.41) is 12.0. The van der Waals surface area contributed by atoms with E-state index >= 15 is 0 Å². The Labute approximate surface area is 148 Å². The molecule has 1 saturated heterocycles. The molecule has 126 valence electrons. The Morgan fingerprint density at radius 1 is 1.29 bits per heavy atom. The molecular formula is C16H20BrN7. The van der Waals surface area contributed by atoms with Crippen LogP contribution in [0.25, 0.3) is 16.8 Å². The number of halogens is 1. The molecule has 4 rings (SSSR count). The Kier molecular flexibility index (Phi) is 4.01. The number of nitrogens with one attached hydrogen (secondary N) is 1. The summed E-state index contributed by atoms with van der Waals surface area (Å²) in [6.45, 7) is 2.15. The number of nitrogen functional groups attached to an aromatic ring is 1. The topological polar surface area (TPSA) is 86.1 Å². The standard InChI is InChI=1S/C16H20BrN7/c1-23-9-11(7-20-23)12-8-21-24-15(18)14(17)13(22-16(12)24)6-10-2-4-19-5-3-10/h7-10,19H,2-6,18H2,1H3. The largest absolute Gasteiger partial charge is 0.383 e. The summed E-state index contributed by atoms with van der Waals surface area (Å²) in [7, 11) is 1.90. The van der Waals surface area contributed by atoms with Crippen molar-refractivity contribution in [2.75, 3.05) is 18.8 Å². The molecule has 0 unspecified atom stereocenters. The van der Waals surface area contributed by atoms with Crippen LogP contribution in [0, 0.1) is 5.92 Å². The van der Waals surface area contributed by atoms with Gasteiger partial charge in [-0.3, -0.25) is 4.68 Å². The highest BCUT2D eigenvalue weighted by Crippen LogP contribution is 2.31. The molecule has 0 atom stereocenters. The lowest BCUT2D eigenvalue weighted by Crippen LogP contribution is -2.29. The van der Waals surface area contributed by atoms with E-state index in [0.29, 0.717) is 11.7 Å². The summed E-state index contributed by atoms with van der Waals surface area (Å²) in [6.07, 6.45) is 8.87. The lowest BCUT2D eigenvalue weighted by Gasteiger charge is -2.22. The first-order valence-electron chi connectivity index (χ1n) is 8.15. The molecule has 0 aromatic carbocycles. The maximum atomic E-state index is 6.30. The predicted octanol–water partition coefficient (Wildman–Crippen LogP) is 2.02. The van der Waals surface area contributed by atoms with Crippen LogP contribution in [-0.2, 0) is 13.5 Å². The highest BCUT2D eigenvalue weighted by Gasteiger charge is 2.20. The Balaban J connectivity index is 1.78. The first-order chi connectivity index (χ1) is 11.6. The van der Waals surface area contributed by atoms with E-state index in [-0.39, 0.29) is 0 Å². The van der Waals surface area contributed by atoms with Gasteiger partial charge in [0.2, 0.25) is 0 Å². The normalized spacial score (nSPS) is 16.1. The number of nitrogens with zero attached hydrogens (tertiary/aromatic N) is 5. The van der Waals surface area contributed by atoms with Crippen molar-refractivity contribution in [3.8, 4) is 11.1 Å². The zero-order valence-corrected chi connectivity index (χ0v) is 15.1. The lowest BCUT2D eigenvalue weighted by atomic mass is 9.93. The van der Waals surface area contributed by atoms with Crippen molar-refractivity contribution in [1.29, 1.82) is 0 Å². The van der Waals surface area contributed by atoms with Crippen LogP contribution >= 0.6 is 15.9 Å². The van der Waals surface area contributed by atoms with Crippen LogP contribution in [0.15, 0.2) is 23.1 Å². The first kappa shape index (κ1) is 15.6. The molecule has 1 fully saturated rings. The Bertz CT molecular complexity index is 876. The van der Waals surface area contributed by atoms with E-state index in [2.05, 4.69) is 31.4 Å². The number of hydrogen-bond acceptors (Lipinski definition) is 5. The van der Waals surface area contributed by atoms with E-state index in [1.807, 2.05) is 19.4 Å². The van der Waals surface area contributed by atoms with Crippen LogP contribution in [0.5, 0.6) is 0 Å². The van der Waals surface area contributed by atoms with E-state index in [4.69, 9.17) is 10.7 Å². The van der Waals surface area contributed by atoms with Crippen molar-refractivity contribution >= 4 is 27.4 Å². The molecule has 0 bridgehead atoms. The maximum absolute atomic E-state index is 6.30. The molecule has 1 aliphatic heterocycles. The molecule has 24 heavy (non-hydrogen) atoms. The molecule has 3 aromatic rings. The van der Waals surface area contributed by atoms with Gasteiger partial charge in [-0.15, -0.1) is 0 Å². The van der Waals surface area contributed by atoms with Gasteiger partial charge in [-0.1, -0.05) is 0 Å². The average Bonchev–Trinajstić information content (AvgIpc) is 3.19. The van der Waals surface area contributed by atoms with E-state index in [0.717, 1.165) is 46.5 Å². The molecule has 0 aliphatic carbocycles. The minimum atomic E-state index is 0.596. The minimum Gasteiger partial charge on any atom is -0.383 e. The van der Waals surface area contributed by atoms with Crippen molar-refractivity contribution in [1.82, 2.24) is 29.7 Å². The van der Waals surface area contributed by atoms with Gasteiger partial charge in [0, 0.05) is 24.4 Å². The SMILES string of the molecule is Cn1cc(-c2cnn3c(N)c(Br)c(CC4CCNCC4)nc23)cn1. The second kappa shape index (κ2) is 6.18. The van der Waals surface area contributed by atoms with E-state index < -0.39 is 0 Å². The summed E-state index contributed by atoms with van der Waals surface area (Å²) in [5.41, 5.74) is 10.0. The Morgan fingerprint density at radius 2 is 2.08 bits per heavy atom. The Hall–Kier alpha value is -1.93. The highest BCUT2D eigenvalue weighted by atomic mass is 79.9. The Morgan fingerprint density at radius 3 is 2.79 bits per heavy atom. The number of fused-ring (bicyclic) bond motifs is 1. The second-order valence-electron chi connectivity index (χ2n) is 6.35. The van der Waals surface area contributed by atoms with Crippen molar-refractivity contribution in [3.05, 3.63) is 28.8 Å². The van der Waals surface area contributed by atoms with Crippen LogP contribution in [0.3, 0.4) is 0 Å². The van der Waals surface area contributed by atoms with Gasteiger partial charge in [-0.2, -0.15) is 14.7 Å². The number of piperidine rings is 1. The monoisotopic (exact) mass is 389 g/mol. The van der Waals surface area contributed by atoms with Gasteiger partial charge >= 0.3 is 0 Å². The molecule has 0 saturated carbocycles. The van der Waals surface area contributed by atoms with Crippen LogP contribution in [-0.4, -0.2) is 37.5 Å². The van der Waals surface area contributed by atoms with Gasteiger partial charge in [0.25, 0.3) is 0 Å². The molecule has 0 radical (unpaired) electrons. The third-order valence-electron chi connectivity index (χ3n) is 4.65. The number of hydrogen-bond donors (Lipinski definition) is 2.